The number of benzene rings is 1. The standard InChI is InChI=1S/C16H13N3O4/c20-15(9-3-4-10-12(8-9)19-23-16(10)21)18-11-5-7-22-13-2-1-6-17-14(11)13/h1-4,6,8,11,19H,5,7H2,(H,18,20). The maximum atomic E-state index is 12.5. The maximum absolute atomic E-state index is 12.5. The molecule has 116 valence electrons. The Kier molecular flexibility index (Phi) is 3.11. The number of rotatable bonds is 2. The zero-order valence-electron chi connectivity index (χ0n) is 12.0. The van der Waals surface area contributed by atoms with Gasteiger partial charge in [0.15, 0.2) is 0 Å². The molecule has 7 nitrogen and oxygen atoms in total. The number of nitrogens with zero attached hydrogens (tertiary/aromatic N) is 1. The van der Waals surface area contributed by atoms with Crippen molar-refractivity contribution in [3.8, 4) is 5.75 Å². The molecule has 0 spiro atoms. The van der Waals surface area contributed by atoms with Gasteiger partial charge in [0.1, 0.15) is 11.4 Å². The van der Waals surface area contributed by atoms with Crippen molar-refractivity contribution in [1.29, 1.82) is 0 Å². The van der Waals surface area contributed by atoms with Gasteiger partial charge in [0, 0.05) is 18.2 Å². The molecule has 0 saturated heterocycles. The Balaban J connectivity index is 1.61. The first-order valence-corrected chi connectivity index (χ1v) is 7.22. The summed E-state index contributed by atoms with van der Waals surface area (Å²) in [6.45, 7) is 0.526. The van der Waals surface area contributed by atoms with Crippen molar-refractivity contribution >= 4 is 16.8 Å². The van der Waals surface area contributed by atoms with Crippen LogP contribution in [-0.4, -0.2) is 22.7 Å². The minimum absolute atomic E-state index is 0.202. The van der Waals surface area contributed by atoms with Crippen molar-refractivity contribution in [2.45, 2.75) is 12.5 Å². The molecule has 7 heteroatoms. The van der Waals surface area contributed by atoms with E-state index in [1.165, 1.54) is 0 Å². The summed E-state index contributed by atoms with van der Waals surface area (Å²) in [5.74, 6) is 0.455. The highest BCUT2D eigenvalue weighted by Crippen LogP contribution is 2.29. The average molecular weight is 311 g/mol. The fourth-order valence-corrected chi connectivity index (χ4v) is 2.70. The molecule has 0 radical (unpaired) electrons. The Hall–Kier alpha value is -3.09. The molecule has 1 atom stereocenters. The topological polar surface area (TPSA) is 97.2 Å². The summed E-state index contributed by atoms with van der Waals surface area (Å²) in [4.78, 5) is 28.2. The van der Waals surface area contributed by atoms with E-state index < -0.39 is 5.63 Å². The molecular formula is C16H13N3O4. The van der Waals surface area contributed by atoms with Crippen LogP contribution in [-0.2, 0) is 0 Å². The Labute approximate surface area is 130 Å². The van der Waals surface area contributed by atoms with Gasteiger partial charge in [-0.2, -0.15) is 0 Å². The summed E-state index contributed by atoms with van der Waals surface area (Å²) in [6, 6.07) is 8.19. The number of pyridine rings is 1. The first kappa shape index (κ1) is 13.6. The molecule has 4 rings (SSSR count). The quantitative estimate of drug-likeness (QED) is 0.751. The summed E-state index contributed by atoms with van der Waals surface area (Å²) < 4.78 is 10.2. The number of H-pyrrole nitrogens is 1. The highest BCUT2D eigenvalue weighted by atomic mass is 16.5. The first-order chi connectivity index (χ1) is 11.2. The molecule has 0 aliphatic carbocycles. The van der Waals surface area contributed by atoms with E-state index in [4.69, 9.17) is 9.26 Å². The molecule has 3 aromatic rings. The van der Waals surface area contributed by atoms with Crippen LogP contribution in [0, 0.1) is 0 Å². The molecule has 23 heavy (non-hydrogen) atoms. The lowest BCUT2D eigenvalue weighted by molar-refractivity contribution is 0.0923. The van der Waals surface area contributed by atoms with E-state index in [1.54, 1.807) is 30.5 Å². The summed E-state index contributed by atoms with van der Waals surface area (Å²) in [5, 5.41) is 5.88. The lowest BCUT2D eigenvalue weighted by atomic mass is 10.1. The molecule has 2 N–H and O–H groups in total. The van der Waals surface area contributed by atoms with Crippen LogP contribution in [0.25, 0.3) is 10.9 Å². The minimum Gasteiger partial charge on any atom is -0.491 e. The van der Waals surface area contributed by atoms with Gasteiger partial charge in [0.05, 0.1) is 23.6 Å². The Morgan fingerprint density at radius 3 is 3.17 bits per heavy atom. The summed E-state index contributed by atoms with van der Waals surface area (Å²) in [6.07, 6.45) is 2.33. The number of carbonyl (C=O) groups is 1. The van der Waals surface area contributed by atoms with Gasteiger partial charge in [-0.25, -0.2) is 9.95 Å². The van der Waals surface area contributed by atoms with Crippen LogP contribution in [0.5, 0.6) is 5.75 Å². The minimum atomic E-state index is -0.450. The van der Waals surface area contributed by atoms with Crippen molar-refractivity contribution in [2.75, 3.05) is 6.61 Å². The highest BCUT2D eigenvalue weighted by molar-refractivity contribution is 5.97. The lowest BCUT2D eigenvalue weighted by Gasteiger charge is -2.25. The van der Waals surface area contributed by atoms with E-state index in [-0.39, 0.29) is 11.9 Å². The monoisotopic (exact) mass is 311 g/mol. The van der Waals surface area contributed by atoms with Gasteiger partial charge in [-0.3, -0.25) is 9.78 Å². The second-order valence-electron chi connectivity index (χ2n) is 5.30. The van der Waals surface area contributed by atoms with Crippen LogP contribution in [0.3, 0.4) is 0 Å². The van der Waals surface area contributed by atoms with Gasteiger partial charge in [0.2, 0.25) is 0 Å². The number of carbonyl (C=O) groups excluding carboxylic acids is 1. The summed E-state index contributed by atoms with van der Waals surface area (Å²) >= 11 is 0. The van der Waals surface area contributed by atoms with Crippen molar-refractivity contribution in [3.05, 3.63) is 58.2 Å². The highest BCUT2D eigenvalue weighted by Gasteiger charge is 2.24. The zero-order valence-corrected chi connectivity index (χ0v) is 12.0. The Morgan fingerprint density at radius 2 is 2.26 bits per heavy atom. The molecule has 1 aromatic carbocycles. The molecule has 1 amide bonds. The van der Waals surface area contributed by atoms with Gasteiger partial charge in [-0.1, -0.05) is 0 Å². The van der Waals surface area contributed by atoms with E-state index in [2.05, 4.69) is 15.5 Å². The predicted molar refractivity (Wildman–Crippen MR) is 81.4 cm³/mol. The third-order valence-electron chi connectivity index (χ3n) is 3.85. The summed E-state index contributed by atoms with van der Waals surface area (Å²) in [5.41, 5.74) is 1.21. The molecule has 1 aliphatic rings. The number of aromatic nitrogens is 2. The number of hydrogen-bond acceptors (Lipinski definition) is 5. The average Bonchev–Trinajstić information content (AvgIpc) is 2.96. The smallest absolute Gasteiger partial charge is 0.365 e. The third-order valence-corrected chi connectivity index (χ3v) is 3.85. The van der Waals surface area contributed by atoms with Crippen LogP contribution in [0.4, 0.5) is 0 Å². The number of amides is 1. The van der Waals surface area contributed by atoms with E-state index >= 15 is 0 Å². The van der Waals surface area contributed by atoms with Gasteiger partial charge < -0.3 is 14.6 Å². The number of hydrogen-bond donors (Lipinski definition) is 2. The van der Waals surface area contributed by atoms with Crippen LogP contribution in [0.2, 0.25) is 0 Å². The molecule has 0 bridgehead atoms. The number of nitrogens with one attached hydrogen (secondary N) is 2. The van der Waals surface area contributed by atoms with Gasteiger partial charge in [-0.05, 0) is 30.3 Å². The first-order valence-electron chi connectivity index (χ1n) is 7.22. The second-order valence-corrected chi connectivity index (χ2v) is 5.30. The molecule has 0 saturated carbocycles. The van der Waals surface area contributed by atoms with E-state index in [0.29, 0.717) is 35.2 Å². The Bertz CT molecular complexity index is 944. The van der Waals surface area contributed by atoms with Crippen molar-refractivity contribution < 1.29 is 14.1 Å². The largest absolute Gasteiger partial charge is 0.491 e. The molecule has 1 unspecified atom stereocenters. The predicted octanol–water partition coefficient (Wildman–Crippen LogP) is 1.77. The molecule has 2 aromatic heterocycles. The Morgan fingerprint density at radius 1 is 1.35 bits per heavy atom. The fourth-order valence-electron chi connectivity index (χ4n) is 2.70. The lowest BCUT2D eigenvalue weighted by Crippen LogP contribution is -2.32. The van der Waals surface area contributed by atoms with E-state index in [9.17, 15) is 9.59 Å². The molecule has 3 heterocycles. The number of fused-ring (bicyclic) bond motifs is 2. The van der Waals surface area contributed by atoms with E-state index in [0.717, 1.165) is 5.69 Å². The van der Waals surface area contributed by atoms with Crippen molar-refractivity contribution in [3.63, 3.8) is 0 Å². The SMILES string of the molecule is O=C(NC1CCOc2cccnc21)c1ccc2c(=O)o[nH]c2c1. The maximum Gasteiger partial charge on any atom is 0.365 e. The van der Waals surface area contributed by atoms with Gasteiger partial charge in [-0.15, -0.1) is 0 Å². The molecule has 0 fully saturated rings. The molecular weight excluding hydrogens is 298 g/mol. The number of ether oxygens (including phenoxy) is 1. The molecule has 1 aliphatic heterocycles. The van der Waals surface area contributed by atoms with Crippen LogP contribution >= 0.6 is 0 Å². The second kappa shape index (κ2) is 5.28. The van der Waals surface area contributed by atoms with Crippen LogP contribution in [0.1, 0.15) is 28.5 Å². The number of aromatic amines is 1. The van der Waals surface area contributed by atoms with E-state index in [1.807, 2.05) is 6.07 Å². The van der Waals surface area contributed by atoms with Gasteiger partial charge in [0.25, 0.3) is 5.91 Å². The third kappa shape index (κ3) is 2.36. The fraction of sp³-hybridized carbons (Fsp3) is 0.188. The van der Waals surface area contributed by atoms with Crippen molar-refractivity contribution in [1.82, 2.24) is 15.5 Å². The zero-order chi connectivity index (χ0) is 15.8. The van der Waals surface area contributed by atoms with Crippen LogP contribution < -0.4 is 15.7 Å². The van der Waals surface area contributed by atoms with Gasteiger partial charge >= 0.3 is 5.63 Å². The van der Waals surface area contributed by atoms with Crippen molar-refractivity contribution in [2.24, 2.45) is 0 Å². The normalized spacial score (nSPS) is 16.6. The summed E-state index contributed by atoms with van der Waals surface area (Å²) in [7, 11) is 0. The van der Waals surface area contributed by atoms with Crippen LogP contribution in [0.15, 0.2) is 45.8 Å².